The lowest BCUT2D eigenvalue weighted by molar-refractivity contribution is -0.138. The Morgan fingerprint density at radius 1 is 1.04 bits per heavy atom. The monoisotopic (exact) mass is 324 g/mol. The summed E-state index contributed by atoms with van der Waals surface area (Å²) in [7, 11) is 0. The zero-order valence-corrected chi connectivity index (χ0v) is 14.0. The molecule has 0 aliphatic carbocycles. The summed E-state index contributed by atoms with van der Waals surface area (Å²) < 4.78 is 0. The van der Waals surface area contributed by atoms with E-state index in [0.717, 1.165) is 25.3 Å². The van der Waals surface area contributed by atoms with Crippen molar-refractivity contribution in [1.29, 1.82) is 0 Å². The van der Waals surface area contributed by atoms with Crippen LogP contribution in [0.3, 0.4) is 0 Å². The smallest absolute Gasteiger partial charge is 0.305 e. The van der Waals surface area contributed by atoms with Gasteiger partial charge in [-0.15, -0.1) is 0 Å². The highest BCUT2D eigenvalue weighted by atomic mass is 16.4. The third-order valence-electron chi connectivity index (χ3n) is 4.86. The van der Waals surface area contributed by atoms with E-state index < -0.39 is 5.97 Å². The van der Waals surface area contributed by atoms with E-state index >= 15 is 0 Å². The normalized spacial score (nSPS) is 21.6. The van der Waals surface area contributed by atoms with Gasteiger partial charge in [-0.2, -0.15) is 0 Å². The van der Waals surface area contributed by atoms with Crippen LogP contribution in [0, 0.1) is 0 Å². The number of anilines is 1. The Bertz CT molecular complexity index is 660. The van der Waals surface area contributed by atoms with Crippen molar-refractivity contribution in [3.63, 3.8) is 0 Å². The molecule has 0 bridgehead atoms. The molecule has 1 aliphatic heterocycles. The van der Waals surface area contributed by atoms with Gasteiger partial charge in [0.2, 0.25) is 0 Å². The van der Waals surface area contributed by atoms with Gasteiger partial charge < -0.3 is 10.0 Å². The Kier molecular flexibility index (Phi) is 5.16. The molecule has 2 aromatic rings. The predicted molar refractivity (Wildman–Crippen MR) is 96.1 cm³/mol. The van der Waals surface area contributed by atoms with E-state index in [1.165, 1.54) is 5.56 Å². The summed E-state index contributed by atoms with van der Waals surface area (Å²) in [6.45, 7) is 4.78. The summed E-state index contributed by atoms with van der Waals surface area (Å²) in [5.74, 6) is -0.741. The van der Waals surface area contributed by atoms with Crippen LogP contribution >= 0.6 is 0 Å². The average Bonchev–Trinajstić information content (AvgIpc) is 2.60. The van der Waals surface area contributed by atoms with Gasteiger partial charge in [0.05, 0.1) is 12.5 Å². The van der Waals surface area contributed by atoms with Crippen molar-refractivity contribution in [2.75, 3.05) is 18.0 Å². The molecule has 3 rings (SSSR count). The van der Waals surface area contributed by atoms with Crippen molar-refractivity contribution in [2.45, 2.75) is 32.0 Å². The molecule has 1 saturated heterocycles. The minimum atomic E-state index is -0.741. The highest BCUT2D eigenvalue weighted by molar-refractivity contribution is 5.69. The highest BCUT2D eigenvalue weighted by Gasteiger charge is 2.35. The van der Waals surface area contributed by atoms with Gasteiger partial charge in [0, 0.05) is 31.4 Å². The first-order chi connectivity index (χ1) is 11.6. The molecule has 4 nitrogen and oxygen atoms in total. The third-order valence-corrected chi connectivity index (χ3v) is 4.86. The van der Waals surface area contributed by atoms with Crippen LogP contribution in [0.5, 0.6) is 0 Å². The highest BCUT2D eigenvalue weighted by Crippen LogP contribution is 2.27. The Morgan fingerprint density at radius 2 is 1.67 bits per heavy atom. The third kappa shape index (κ3) is 3.77. The molecule has 4 heteroatoms. The number of nitrogens with zero attached hydrogens (tertiary/aromatic N) is 2. The van der Waals surface area contributed by atoms with E-state index in [9.17, 15) is 9.90 Å². The molecule has 0 radical (unpaired) electrons. The molecular weight excluding hydrogens is 300 g/mol. The van der Waals surface area contributed by atoms with Crippen molar-refractivity contribution in [3.8, 4) is 0 Å². The summed E-state index contributed by atoms with van der Waals surface area (Å²) in [4.78, 5) is 16.1. The van der Waals surface area contributed by atoms with E-state index in [0.29, 0.717) is 0 Å². The van der Waals surface area contributed by atoms with Gasteiger partial charge in [0.15, 0.2) is 0 Å². The lowest BCUT2D eigenvalue weighted by Gasteiger charge is -2.47. The van der Waals surface area contributed by atoms with Crippen LogP contribution < -0.4 is 4.90 Å². The molecule has 1 fully saturated rings. The summed E-state index contributed by atoms with van der Waals surface area (Å²) in [6.07, 6.45) is 0.154. The number of benzene rings is 2. The standard InChI is InChI=1S/C20H24N2O2/c1-16-19(14-20(23)24)22(18-10-6-3-7-11-18)13-12-21(16)15-17-8-4-2-5-9-17/h2-11,16,19H,12-15H2,1H3,(H,23,24). The van der Waals surface area contributed by atoms with Gasteiger partial charge in [-0.05, 0) is 24.6 Å². The maximum atomic E-state index is 11.4. The number of rotatable bonds is 5. The van der Waals surface area contributed by atoms with Gasteiger partial charge >= 0.3 is 5.97 Å². The predicted octanol–water partition coefficient (Wildman–Crippen LogP) is 3.24. The Labute approximate surface area is 143 Å². The lowest BCUT2D eigenvalue weighted by Crippen LogP contribution is -2.58. The van der Waals surface area contributed by atoms with Crippen molar-refractivity contribution < 1.29 is 9.90 Å². The van der Waals surface area contributed by atoms with Crippen LogP contribution in [0.2, 0.25) is 0 Å². The summed E-state index contributed by atoms with van der Waals surface area (Å²) >= 11 is 0. The van der Waals surface area contributed by atoms with Crippen LogP contribution in [0.15, 0.2) is 60.7 Å². The molecule has 24 heavy (non-hydrogen) atoms. The van der Waals surface area contributed by atoms with Crippen molar-refractivity contribution in [3.05, 3.63) is 66.2 Å². The Morgan fingerprint density at radius 3 is 2.29 bits per heavy atom. The number of carboxylic acids is 1. The molecule has 0 aromatic heterocycles. The molecule has 0 saturated carbocycles. The van der Waals surface area contributed by atoms with E-state index in [1.807, 2.05) is 24.3 Å². The average molecular weight is 324 g/mol. The minimum Gasteiger partial charge on any atom is -0.481 e. The van der Waals surface area contributed by atoms with Crippen LogP contribution in [-0.2, 0) is 11.3 Å². The zero-order chi connectivity index (χ0) is 16.9. The first-order valence-electron chi connectivity index (χ1n) is 8.46. The second kappa shape index (κ2) is 7.49. The largest absolute Gasteiger partial charge is 0.481 e. The number of hydrogen-bond donors (Lipinski definition) is 1. The first kappa shape index (κ1) is 16.5. The maximum Gasteiger partial charge on any atom is 0.305 e. The number of aliphatic carboxylic acids is 1. The number of hydrogen-bond acceptors (Lipinski definition) is 3. The van der Waals surface area contributed by atoms with E-state index in [2.05, 4.69) is 53.1 Å². The van der Waals surface area contributed by atoms with E-state index in [4.69, 9.17) is 0 Å². The van der Waals surface area contributed by atoms with E-state index in [-0.39, 0.29) is 18.5 Å². The minimum absolute atomic E-state index is 0.0256. The van der Waals surface area contributed by atoms with E-state index in [1.54, 1.807) is 0 Å². The lowest BCUT2D eigenvalue weighted by atomic mass is 9.98. The van der Waals surface area contributed by atoms with Gasteiger partial charge in [0.25, 0.3) is 0 Å². The summed E-state index contributed by atoms with van der Waals surface area (Å²) in [5, 5.41) is 9.38. The quantitative estimate of drug-likeness (QED) is 0.917. The van der Waals surface area contributed by atoms with Gasteiger partial charge in [-0.25, -0.2) is 0 Å². The Balaban J connectivity index is 1.79. The second-order valence-corrected chi connectivity index (χ2v) is 6.39. The Hall–Kier alpha value is -2.33. The van der Waals surface area contributed by atoms with Crippen LogP contribution in [-0.4, -0.2) is 41.1 Å². The SMILES string of the molecule is CC1C(CC(=O)O)N(c2ccccc2)CCN1Cc1ccccc1. The van der Waals surface area contributed by atoms with Crippen molar-refractivity contribution >= 4 is 11.7 Å². The molecule has 1 aliphatic rings. The topological polar surface area (TPSA) is 43.8 Å². The number of carboxylic acid groups (broad SMARTS) is 1. The summed E-state index contributed by atoms with van der Waals surface area (Å²) in [6, 6.07) is 20.7. The number of carbonyl (C=O) groups is 1. The summed E-state index contributed by atoms with van der Waals surface area (Å²) in [5.41, 5.74) is 2.38. The molecule has 1 heterocycles. The van der Waals surface area contributed by atoms with Gasteiger partial charge in [0.1, 0.15) is 0 Å². The molecular formula is C20H24N2O2. The number of piperazine rings is 1. The van der Waals surface area contributed by atoms with Crippen molar-refractivity contribution in [1.82, 2.24) is 4.90 Å². The molecule has 2 atom stereocenters. The molecule has 1 N–H and O–H groups in total. The maximum absolute atomic E-state index is 11.4. The van der Waals surface area contributed by atoms with Gasteiger partial charge in [-0.3, -0.25) is 9.69 Å². The van der Waals surface area contributed by atoms with Crippen molar-refractivity contribution in [2.24, 2.45) is 0 Å². The first-order valence-corrected chi connectivity index (χ1v) is 8.46. The molecule has 2 aromatic carbocycles. The molecule has 0 spiro atoms. The van der Waals surface area contributed by atoms with Crippen LogP contribution in [0.4, 0.5) is 5.69 Å². The molecule has 2 unspecified atom stereocenters. The number of para-hydroxylation sites is 1. The molecule has 0 amide bonds. The van der Waals surface area contributed by atoms with Gasteiger partial charge in [-0.1, -0.05) is 48.5 Å². The molecule has 126 valence electrons. The van der Waals surface area contributed by atoms with Crippen LogP contribution in [0.1, 0.15) is 18.9 Å². The fourth-order valence-corrected chi connectivity index (χ4v) is 3.55. The fourth-order valence-electron chi connectivity index (χ4n) is 3.55. The second-order valence-electron chi connectivity index (χ2n) is 6.39. The fraction of sp³-hybridized carbons (Fsp3) is 0.350. The zero-order valence-electron chi connectivity index (χ0n) is 14.0. The van der Waals surface area contributed by atoms with Crippen LogP contribution in [0.25, 0.3) is 0 Å².